The fourth-order valence-corrected chi connectivity index (χ4v) is 6.82. The van der Waals surface area contributed by atoms with Crippen LogP contribution in [0.25, 0.3) is 0 Å². The van der Waals surface area contributed by atoms with Crippen LogP contribution in [0.5, 0.6) is 0 Å². The Balaban J connectivity index is 4.40. The number of unbranched alkanes of at least 4 members (excludes halogenated alkanes) is 23. The van der Waals surface area contributed by atoms with Crippen LogP contribution in [0.4, 0.5) is 0 Å². The number of amides is 1. The van der Waals surface area contributed by atoms with Gasteiger partial charge in [0.25, 0.3) is 0 Å². The summed E-state index contributed by atoms with van der Waals surface area (Å²) in [6.45, 7) is 3.91. The van der Waals surface area contributed by atoms with Crippen molar-refractivity contribution in [1.29, 1.82) is 0 Å². The van der Waals surface area contributed by atoms with Crippen LogP contribution in [-0.2, 0) is 18.4 Å². The molecule has 0 aromatic heterocycles. The number of nitrogens with two attached hydrogens (primary N) is 1. The summed E-state index contributed by atoms with van der Waals surface area (Å²) in [7, 11) is -4.41. The summed E-state index contributed by atoms with van der Waals surface area (Å²) in [6.07, 6.45) is 41.2. The molecule has 4 atom stereocenters. The predicted molar refractivity (Wildman–Crippen MR) is 218 cm³/mol. The zero-order valence-corrected chi connectivity index (χ0v) is 34.3. The van der Waals surface area contributed by atoms with Crippen LogP contribution >= 0.6 is 7.82 Å². The summed E-state index contributed by atoms with van der Waals surface area (Å²) in [4.78, 5) is 22.6. The lowest BCUT2D eigenvalue weighted by molar-refractivity contribution is -0.124. The van der Waals surface area contributed by atoms with E-state index >= 15 is 0 Å². The van der Waals surface area contributed by atoms with E-state index < -0.39 is 38.6 Å². The number of nitrogens with one attached hydrogen (secondary N) is 1. The first-order valence-corrected chi connectivity index (χ1v) is 22.7. The lowest BCUT2D eigenvalue weighted by atomic mass is 10.0. The fraction of sp³-hybridized carbons (Fsp3) is 0.833. The lowest BCUT2D eigenvalue weighted by Crippen LogP contribution is -2.46. The Labute approximate surface area is 319 Å². The predicted octanol–water partition coefficient (Wildman–Crippen LogP) is 10.5. The van der Waals surface area contributed by atoms with Gasteiger partial charge in [-0.2, -0.15) is 0 Å². The molecule has 0 rings (SSSR count). The third kappa shape index (κ3) is 35.7. The topological polar surface area (TPSA) is 151 Å². The normalized spacial score (nSPS) is 15.1. The van der Waals surface area contributed by atoms with E-state index in [0.717, 1.165) is 25.7 Å². The van der Waals surface area contributed by atoms with Gasteiger partial charge in [-0.15, -0.1) is 0 Å². The van der Waals surface area contributed by atoms with Gasteiger partial charge in [0.1, 0.15) is 0 Å². The highest BCUT2D eigenvalue weighted by atomic mass is 31.2. The SMILES string of the molecule is CCCCCCCC/C=C\C/C=C\C(O)CC(=O)NC(COP(=O)(O)OCCN)C(O)/C=C/CCCCCCCCCCCCCCCCCCC. The van der Waals surface area contributed by atoms with E-state index in [1.54, 1.807) is 12.2 Å². The van der Waals surface area contributed by atoms with Gasteiger partial charge in [-0.05, 0) is 32.1 Å². The van der Waals surface area contributed by atoms with Crippen LogP contribution in [0.2, 0.25) is 0 Å². The number of carbonyl (C=O) groups excluding carboxylic acids is 1. The molecule has 4 unspecified atom stereocenters. The summed E-state index contributed by atoms with van der Waals surface area (Å²) in [6, 6.07) is -1.01. The molecule has 306 valence electrons. The van der Waals surface area contributed by atoms with Crippen molar-refractivity contribution in [2.45, 2.75) is 205 Å². The lowest BCUT2D eigenvalue weighted by Gasteiger charge is -2.23. The van der Waals surface area contributed by atoms with Crippen molar-refractivity contribution in [3.8, 4) is 0 Å². The monoisotopic (exact) mass is 757 g/mol. The van der Waals surface area contributed by atoms with Crippen LogP contribution in [0.15, 0.2) is 36.5 Å². The molecular formula is C42H81N2O7P. The first-order valence-electron chi connectivity index (χ1n) is 21.2. The number of hydrogen-bond acceptors (Lipinski definition) is 7. The van der Waals surface area contributed by atoms with Crippen molar-refractivity contribution in [3.63, 3.8) is 0 Å². The standard InChI is InChI=1S/C42H81N2O7P/c1-3-5-7-9-11-13-15-16-17-18-19-20-21-22-24-26-28-30-32-34-41(46)40(38-51-52(48,49)50-36-35-43)44-42(47)37-39(45)33-31-29-27-25-23-14-12-10-8-6-4-2/h25,27,31-34,39-41,45-46H,3-24,26,28-30,35-38,43H2,1-2H3,(H,44,47)(H,48,49)/b27-25-,33-31-,34-32+. The summed E-state index contributed by atoms with van der Waals surface area (Å²) in [5.41, 5.74) is 5.35. The van der Waals surface area contributed by atoms with Gasteiger partial charge >= 0.3 is 7.82 Å². The molecule has 10 heteroatoms. The highest BCUT2D eigenvalue weighted by Gasteiger charge is 2.27. The Morgan fingerprint density at radius 1 is 0.654 bits per heavy atom. The van der Waals surface area contributed by atoms with Crippen molar-refractivity contribution in [2.24, 2.45) is 5.73 Å². The number of carbonyl (C=O) groups is 1. The van der Waals surface area contributed by atoms with Gasteiger partial charge in [0.15, 0.2) is 0 Å². The summed E-state index contributed by atoms with van der Waals surface area (Å²) in [5, 5.41) is 23.8. The largest absolute Gasteiger partial charge is 0.472 e. The molecule has 6 N–H and O–H groups in total. The smallest absolute Gasteiger partial charge is 0.389 e. The highest BCUT2D eigenvalue weighted by molar-refractivity contribution is 7.47. The molecule has 0 spiro atoms. The van der Waals surface area contributed by atoms with Gasteiger partial charge in [-0.25, -0.2) is 4.57 Å². The number of aliphatic hydroxyl groups excluding tert-OH is 2. The van der Waals surface area contributed by atoms with Gasteiger partial charge in [-0.1, -0.05) is 185 Å². The minimum absolute atomic E-state index is 0.0408. The molecule has 0 aromatic rings. The number of allylic oxidation sites excluding steroid dienone is 4. The Morgan fingerprint density at radius 3 is 1.60 bits per heavy atom. The highest BCUT2D eigenvalue weighted by Crippen LogP contribution is 2.43. The number of rotatable bonds is 39. The second-order valence-corrected chi connectivity index (χ2v) is 15.8. The first-order chi connectivity index (χ1) is 25.3. The van der Waals surface area contributed by atoms with Gasteiger partial charge in [0.05, 0.1) is 37.9 Å². The third-order valence-corrected chi connectivity index (χ3v) is 10.3. The van der Waals surface area contributed by atoms with E-state index in [9.17, 15) is 24.5 Å². The second kappa shape index (κ2) is 38.0. The van der Waals surface area contributed by atoms with Gasteiger partial charge in [0.2, 0.25) is 5.91 Å². The van der Waals surface area contributed by atoms with Crippen LogP contribution in [0.3, 0.4) is 0 Å². The van der Waals surface area contributed by atoms with Crippen LogP contribution in [0.1, 0.15) is 187 Å². The maximum Gasteiger partial charge on any atom is 0.472 e. The molecule has 0 saturated heterocycles. The summed E-state index contributed by atoms with van der Waals surface area (Å²) >= 11 is 0. The van der Waals surface area contributed by atoms with Crippen LogP contribution < -0.4 is 11.1 Å². The van der Waals surface area contributed by atoms with E-state index in [-0.39, 0.29) is 19.6 Å². The molecule has 0 radical (unpaired) electrons. The van der Waals surface area contributed by atoms with Gasteiger partial charge in [0, 0.05) is 6.54 Å². The van der Waals surface area contributed by atoms with E-state index in [1.165, 1.54) is 135 Å². The molecule has 0 aliphatic heterocycles. The molecule has 0 aliphatic rings. The van der Waals surface area contributed by atoms with Gasteiger partial charge < -0.3 is 26.2 Å². The average Bonchev–Trinajstić information content (AvgIpc) is 3.12. The molecule has 0 bridgehead atoms. The quantitative estimate of drug-likeness (QED) is 0.0236. The summed E-state index contributed by atoms with van der Waals surface area (Å²) < 4.78 is 22.0. The number of hydrogen-bond donors (Lipinski definition) is 5. The molecular weight excluding hydrogens is 675 g/mol. The first kappa shape index (κ1) is 50.7. The average molecular weight is 757 g/mol. The Kier molecular flexibility index (Phi) is 37.0. The van der Waals surface area contributed by atoms with Crippen LogP contribution in [0, 0.1) is 0 Å². The Hall–Kier alpha value is -1.32. The Bertz CT molecular complexity index is 930. The summed E-state index contributed by atoms with van der Waals surface area (Å²) in [5.74, 6) is -0.513. The minimum atomic E-state index is -4.41. The van der Waals surface area contributed by atoms with Crippen LogP contribution in [-0.4, -0.2) is 59.0 Å². The molecule has 1 amide bonds. The second-order valence-electron chi connectivity index (χ2n) is 14.4. The van der Waals surface area contributed by atoms with Crippen molar-refractivity contribution in [3.05, 3.63) is 36.5 Å². The maximum atomic E-state index is 12.7. The number of aliphatic hydroxyl groups is 2. The van der Waals surface area contributed by atoms with E-state index in [1.807, 2.05) is 12.2 Å². The third-order valence-electron chi connectivity index (χ3n) is 9.27. The van der Waals surface area contributed by atoms with Crippen molar-refractivity contribution in [1.82, 2.24) is 5.32 Å². The van der Waals surface area contributed by atoms with E-state index in [0.29, 0.717) is 6.42 Å². The Morgan fingerprint density at radius 2 is 1.12 bits per heavy atom. The van der Waals surface area contributed by atoms with Gasteiger partial charge in [-0.3, -0.25) is 13.8 Å². The zero-order chi connectivity index (χ0) is 38.4. The molecule has 0 fully saturated rings. The molecule has 9 nitrogen and oxygen atoms in total. The van der Waals surface area contributed by atoms with Crippen molar-refractivity contribution < 1.29 is 33.5 Å². The molecule has 0 heterocycles. The number of phosphoric acid groups is 1. The zero-order valence-electron chi connectivity index (χ0n) is 33.4. The molecule has 52 heavy (non-hydrogen) atoms. The van der Waals surface area contributed by atoms with E-state index in [2.05, 4.69) is 31.3 Å². The maximum absolute atomic E-state index is 12.7. The fourth-order valence-electron chi connectivity index (χ4n) is 6.06. The van der Waals surface area contributed by atoms with Crippen molar-refractivity contribution in [2.75, 3.05) is 19.8 Å². The molecule has 0 aliphatic carbocycles. The minimum Gasteiger partial charge on any atom is -0.389 e. The van der Waals surface area contributed by atoms with Crippen molar-refractivity contribution >= 4 is 13.7 Å². The molecule has 0 saturated carbocycles. The molecule has 0 aromatic carbocycles. The number of phosphoric ester groups is 1. The van der Waals surface area contributed by atoms with E-state index in [4.69, 9.17) is 14.8 Å².